The standard InChI is InChI=1S/C12H13N5O2/c1-16-12(13-14-15-16)17-7-9-5-3-2-4-8(9)6-10(17)11(18)19/h2-5,10H,6-7H2,1H3,(H,18,19). The smallest absolute Gasteiger partial charge is 0.326 e. The molecule has 0 saturated carbocycles. The van der Waals surface area contributed by atoms with Gasteiger partial charge in [0.05, 0.1) is 0 Å². The van der Waals surface area contributed by atoms with Crippen LogP contribution in [0.3, 0.4) is 0 Å². The summed E-state index contributed by atoms with van der Waals surface area (Å²) in [5.74, 6) is -0.389. The molecule has 0 fully saturated rings. The maximum absolute atomic E-state index is 11.5. The van der Waals surface area contributed by atoms with Gasteiger partial charge in [-0.3, -0.25) is 0 Å². The number of carboxylic acid groups (broad SMARTS) is 1. The van der Waals surface area contributed by atoms with E-state index in [9.17, 15) is 9.90 Å². The topological polar surface area (TPSA) is 84.1 Å². The summed E-state index contributed by atoms with van der Waals surface area (Å²) < 4.78 is 1.49. The molecular formula is C12H13N5O2. The lowest BCUT2D eigenvalue weighted by Gasteiger charge is -2.34. The van der Waals surface area contributed by atoms with Gasteiger partial charge in [0.15, 0.2) is 0 Å². The minimum Gasteiger partial charge on any atom is -0.480 e. The van der Waals surface area contributed by atoms with Crippen molar-refractivity contribution >= 4 is 11.9 Å². The van der Waals surface area contributed by atoms with Gasteiger partial charge in [-0.25, -0.2) is 9.48 Å². The molecule has 0 radical (unpaired) electrons. The average Bonchev–Trinajstić information content (AvgIpc) is 2.83. The normalized spacial score (nSPS) is 18.2. The lowest BCUT2D eigenvalue weighted by molar-refractivity contribution is -0.138. The summed E-state index contributed by atoms with van der Waals surface area (Å²) in [5.41, 5.74) is 2.18. The van der Waals surface area contributed by atoms with Crippen LogP contribution in [0.2, 0.25) is 0 Å². The maximum atomic E-state index is 11.5. The Kier molecular flexibility index (Phi) is 2.66. The van der Waals surface area contributed by atoms with Gasteiger partial charge in [-0.2, -0.15) is 0 Å². The molecule has 1 aliphatic rings. The minimum absolute atomic E-state index is 0.457. The van der Waals surface area contributed by atoms with Gasteiger partial charge in [0.25, 0.3) is 0 Å². The first-order valence-corrected chi connectivity index (χ1v) is 5.95. The van der Waals surface area contributed by atoms with Crippen LogP contribution < -0.4 is 4.90 Å². The zero-order chi connectivity index (χ0) is 13.4. The Bertz CT molecular complexity index is 624. The summed E-state index contributed by atoms with van der Waals surface area (Å²) in [6, 6.07) is 7.21. The van der Waals surface area contributed by atoms with Crippen molar-refractivity contribution in [1.82, 2.24) is 20.2 Å². The third kappa shape index (κ3) is 1.92. The van der Waals surface area contributed by atoms with Gasteiger partial charge < -0.3 is 10.0 Å². The highest BCUT2D eigenvalue weighted by atomic mass is 16.4. The number of tetrazole rings is 1. The van der Waals surface area contributed by atoms with Crippen molar-refractivity contribution in [1.29, 1.82) is 0 Å². The van der Waals surface area contributed by atoms with Gasteiger partial charge in [0.1, 0.15) is 6.04 Å². The molecule has 1 aliphatic heterocycles. The van der Waals surface area contributed by atoms with Crippen LogP contribution in [0.25, 0.3) is 0 Å². The fourth-order valence-electron chi connectivity index (χ4n) is 2.42. The van der Waals surface area contributed by atoms with Crippen molar-refractivity contribution in [2.45, 2.75) is 19.0 Å². The van der Waals surface area contributed by atoms with E-state index in [1.54, 1.807) is 11.9 Å². The van der Waals surface area contributed by atoms with E-state index in [0.29, 0.717) is 18.9 Å². The van der Waals surface area contributed by atoms with Gasteiger partial charge in [0, 0.05) is 20.0 Å². The number of fused-ring (bicyclic) bond motifs is 1. The Morgan fingerprint density at radius 1 is 1.37 bits per heavy atom. The number of carbonyl (C=O) groups is 1. The molecule has 98 valence electrons. The van der Waals surface area contributed by atoms with E-state index < -0.39 is 12.0 Å². The first-order chi connectivity index (χ1) is 9.16. The van der Waals surface area contributed by atoms with E-state index in [1.807, 2.05) is 24.3 Å². The number of rotatable bonds is 2. The van der Waals surface area contributed by atoms with Crippen molar-refractivity contribution in [3.05, 3.63) is 35.4 Å². The Labute approximate surface area is 109 Å². The fourth-order valence-corrected chi connectivity index (χ4v) is 2.42. The number of nitrogens with zero attached hydrogens (tertiary/aromatic N) is 5. The van der Waals surface area contributed by atoms with E-state index in [1.165, 1.54) is 4.68 Å². The average molecular weight is 259 g/mol. The second kappa shape index (κ2) is 4.34. The second-order valence-electron chi connectivity index (χ2n) is 4.56. The van der Waals surface area contributed by atoms with Gasteiger partial charge in [-0.05, 0) is 21.6 Å². The lowest BCUT2D eigenvalue weighted by atomic mass is 9.94. The predicted octanol–water partition coefficient (Wildman–Crippen LogP) is 0.226. The number of hydrogen-bond acceptors (Lipinski definition) is 5. The maximum Gasteiger partial charge on any atom is 0.326 e. The van der Waals surface area contributed by atoms with E-state index in [2.05, 4.69) is 15.5 Å². The largest absolute Gasteiger partial charge is 0.480 e. The molecule has 7 nitrogen and oxygen atoms in total. The van der Waals surface area contributed by atoms with Gasteiger partial charge >= 0.3 is 5.97 Å². The summed E-state index contributed by atoms with van der Waals surface area (Å²) in [5, 5.41) is 20.7. The van der Waals surface area contributed by atoms with Crippen LogP contribution in [0.5, 0.6) is 0 Å². The SMILES string of the molecule is Cn1nnnc1N1Cc2ccccc2CC1C(=O)O. The molecular weight excluding hydrogens is 246 g/mol. The van der Waals surface area contributed by atoms with Crippen molar-refractivity contribution in [3.8, 4) is 0 Å². The van der Waals surface area contributed by atoms with Crippen LogP contribution in [-0.2, 0) is 24.8 Å². The number of aromatic nitrogens is 4. The molecule has 2 heterocycles. The second-order valence-corrected chi connectivity index (χ2v) is 4.56. The van der Waals surface area contributed by atoms with Crippen LogP contribution in [0.15, 0.2) is 24.3 Å². The first kappa shape index (κ1) is 11.6. The van der Waals surface area contributed by atoms with Crippen molar-refractivity contribution < 1.29 is 9.90 Å². The number of carboxylic acids is 1. The molecule has 19 heavy (non-hydrogen) atoms. The van der Waals surface area contributed by atoms with Crippen LogP contribution in [0.4, 0.5) is 5.95 Å². The zero-order valence-corrected chi connectivity index (χ0v) is 10.4. The Balaban J connectivity index is 2.03. The van der Waals surface area contributed by atoms with Gasteiger partial charge in [-0.1, -0.05) is 29.4 Å². The van der Waals surface area contributed by atoms with Crippen molar-refractivity contribution in [2.75, 3.05) is 4.90 Å². The number of anilines is 1. The number of aliphatic carboxylic acids is 1. The molecule has 2 aromatic rings. The molecule has 1 atom stereocenters. The quantitative estimate of drug-likeness (QED) is 0.831. The third-order valence-electron chi connectivity index (χ3n) is 3.39. The van der Waals surface area contributed by atoms with Crippen molar-refractivity contribution in [2.24, 2.45) is 7.05 Å². The molecule has 3 rings (SSSR count). The molecule has 0 aliphatic carbocycles. The number of aryl methyl sites for hydroxylation is 1. The third-order valence-corrected chi connectivity index (χ3v) is 3.39. The zero-order valence-electron chi connectivity index (χ0n) is 10.4. The highest BCUT2D eigenvalue weighted by molar-refractivity contribution is 5.78. The summed E-state index contributed by atoms with van der Waals surface area (Å²) in [4.78, 5) is 13.2. The van der Waals surface area contributed by atoms with Gasteiger partial charge in [0.2, 0.25) is 5.95 Å². The van der Waals surface area contributed by atoms with Crippen LogP contribution in [-0.4, -0.2) is 37.3 Å². The number of hydrogen-bond donors (Lipinski definition) is 1. The predicted molar refractivity (Wildman–Crippen MR) is 66.6 cm³/mol. The molecule has 1 aromatic carbocycles. The first-order valence-electron chi connectivity index (χ1n) is 5.95. The Morgan fingerprint density at radius 2 is 2.11 bits per heavy atom. The molecule has 1 N–H and O–H groups in total. The van der Waals surface area contributed by atoms with E-state index in [0.717, 1.165) is 11.1 Å². The molecule has 0 saturated heterocycles. The van der Waals surface area contributed by atoms with Gasteiger partial charge in [-0.15, -0.1) is 0 Å². The summed E-state index contributed by atoms with van der Waals surface area (Å²) >= 11 is 0. The highest BCUT2D eigenvalue weighted by Gasteiger charge is 2.33. The highest BCUT2D eigenvalue weighted by Crippen LogP contribution is 2.26. The van der Waals surface area contributed by atoms with Crippen LogP contribution >= 0.6 is 0 Å². The Morgan fingerprint density at radius 3 is 2.74 bits per heavy atom. The number of benzene rings is 1. The van der Waals surface area contributed by atoms with E-state index in [4.69, 9.17) is 0 Å². The monoisotopic (exact) mass is 259 g/mol. The fraction of sp³-hybridized carbons (Fsp3) is 0.333. The summed E-state index contributed by atoms with van der Waals surface area (Å²) in [6.45, 7) is 0.501. The molecule has 0 amide bonds. The van der Waals surface area contributed by atoms with E-state index in [-0.39, 0.29) is 0 Å². The Hall–Kier alpha value is -2.44. The minimum atomic E-state index is -0.863. The van der Waals surface area contributed by atoms with Crippen LogP contribution in [0.1, 0.15) is 11.1 Å². The molecule has 7 heteroatoms. The molecule has 1 aromatic heterocycles. The summed E-state index contributed by atoms with van der Waals surface area (Å²) in [7, 11) is 1.70. The van der Waals surface area contributed by atoms with E-state index >= 15 is 0 Å². The molecule has 0 spiro atoms. The molecule has 0 bridgehead atoms. The lowest BCUT2D eigenvalue weighted by Crippen LogP contribution is -2.46. The van der Waals surface area contributed by atoms with Crippen molar-refractivity contribution in [3.63, 3.8) is 0 Å². The summed E-state index contributed by atoms with van der Waals surface area (Å²) in [6.07, 6.45) is 0.457. The molecule has 1 unspecified atom stereocenters. The van der Waals surface area contributed by atoms with Crippen LogP contribution in [0, 0.1) is 0 Å².